The van der Waals surface area contributed by atoms with Crippen LogP contribution >= 0.6 is 0 Å². The number of alkyl halides is 1. The molecule has 1 aliphatic rings. The fourth-order valence-electron chi connectivity index (χ4n) is 2.39. The number of piperidine rings is 1. The van der Waals surface area contributed by atoms with Gasteiger partial charge < -0.3 is 14.7 Å². The molecule has 6 heteroatoms. The van der Waals surface area contributed by atoms with E-state index in [1.807, 2.05) is 30.3 Å². The number of ether oxygens (including phenoxy) is 1. The summed E-state index contributed by atoms with van der Waals surface area (Å²) in [7, 11) is 0. The number of carbonyl (C=O) groups is 2. The van der Waals surface area contributed by atoms with Crippen LogP contribution in [0.5, 0.6) is 0 Å². The third kappa shape index (κ3) is 4.18. The van der Waals surface area contributed by atoms with Crippen molar-refractivity contribution in [3.8, 4) is 0 Å². The number of carboxylic acids is 1. The fourth-order valence-corrected chi connectivity index (χ4v) is 2.39. The van der Waals surface area contributed by atoms with E-state index in [1.165, 1.54) is 4.90 Å². The number of amides is 1. The number of rotatable bonds is 4. The van der Waals surface area contributed by atoms with Crippen molar-refractivity contribution in [2.24, 2.45) is 5.92 Å². The minimum atomic E-state index is -1.85. The Labute approximate surface area is 122 Å². The van der Waals surface area contributed by atoms with Gasteiger partial charge in [0.15, 0.2) is 6.17 Å². The summed E-state index contributed by atoms with van der Waals surface area (Å²) in [4.78, 5) is 24.0. The molecule has 114 valence electrons. The van der Waals surface area contributed by atoms with E-state index in [0.717, 1.165) is 5.56 Å². The van der Waals surface area contributed by atoms with Gasteiger partial charge in [0.05, 0.1) is 0 Å². The molecule has 0 radical (unpaired) electrons. The van der Waals surface area contributed by atoms with Gasteiger partial charge in [-0.15, -0.1) is 0 Å². The number of benzene rings is 1. The van der Waals surface area contributed by atoms with Gasteiger partial charge in [-0.2, -0.15) is 0 Å². The summed E-state index contributed by atoms with van der Waals surface area (Å²) in [6.07, 6.45) is -1.61. The Morgan fingerprint density at radius 3 is 2.48 bits per heavy atom. The highest BCUT2D eigenvalue weighted by atomic mass is 19.1. The second-order valence-electron chi connectivity index (χ2n) is 5.10. The van der Waals surface area contributed by atoms with E-state index in [0.29, 0.717) is 25.9 Å². The molecule has 1 heterocycles. The molecule has 0 aliphatic carbocycles. The Bertz CT molecular complexity index is 486. The summed E-state index contributed by atoms with van der Waals surface area (Å²) in [5, 5.41) is 8.64. The van der Waals surface area contributed by atoms with Crippen molar-refractivity contribution in [2.45, 2.75) is 25.6 Å². The third-order valence-electron chi connectivity index (χ3n) is 3.65. The first-order valence-electron chi connectivity index (χ1n) is 6.90. The lowest BCUT2D eigenvalue weighted by Gasteiger charge is -2.31. The Kier molecular flexibility index (Phi) is 5.14. The van der Waals surface area contributed by atoms with E-state index in [2.05, 4.69) is 0 Å². The molecular weight excluding hydrogens is 277 g/mol. The maximum absolute atomic E-state index is 13.4. The maximum Gasteiger partial charge on any atom is 0.410 e. The first-order chi connectivity index (χ1) is 10.1. The molecule has 1 aliphatic heterocycles. The van der Waals surface area contributed by atoms with Crippen LogP contribution in [0.15, 0.2) is 30.3 Å². The smallest absolute Gasteiger partial charge is 0.410 e. The number of halogens is 1. The standard InChI is InChI=1S/C15H18FNO4/c16-13(14(18)19)12-6-8-17(9-7-12)15(20)21-10-11-4-2-1-3-5-11/h1-5,12-13H,6-10H2,(H,18,19). The van der Waals surface area contributed by atoms with E-state index in [4.69, 9.17) is 9.84 Å². The summed E-state index contributed by atoms with van der Waals surface area (Å²) in [5.74, 6) is -1.96. The quantitative estimate of drug-likeness (QED) is 0.926. The predicted molar refractivity (Wildman–Crippen MR) is 73.5 cm³/mol. The molecule has 1 amide bonds. The van der Waals surface area contributed by atoms with Crippen molar-refractivity contribution in [2.75, 3.05) is 13.1 Å². The van der Waals surface area contributed by atoms with Crippen molar-refractivity contribution in [1.29, 1.82) is 0 Å². The highest BCUT2D eigenvalue weighted by Gasteiger charge is 2.32. The predicted octanol–water partition coefficient (Wildman–Crippen LogP) is 2.46. The van der Waals surface area contributed by atoms with Crippen LogP contribution in [-0.4, -0.2) is 41.3 Å². The molecule has 0 aromatic heterocycles. The second-order valence-corrected chi connectivity index (χ2v) is 5.10. The van der Waals surface area contributed by atoms with Crippen molar-refractivity contribution in [3.63, 3.8) is 0 Å². The molecule has 1 aromatic rings. The van der Waals surface area contributed by atoms with Crippen LogP contribution in [0.3, 0.4) is 0 Å². The molecule has 1 atom stereocenters. The Balaban J connectivity index is 1.77. The monoisotopic (exact) mass is 295 g/mol. The van der Waals surface area contributed by atoms with Crippen molar-refractivity contribution in [3.05, 3.63) is 35.9 Å². The molecule has 1 N–H and O–H groups in total. The molecular formula is C15H18FNO4. The van der Waals surface area contributed by atoms with Crippen molar-refractivity contribution in [1.82, 2.24) is 4.90 Å². The van der Waals surface area contributed by atoms with E-state index in [-0.39, 0.29) is 6.61 Å². The number of nitrogens with zero attached hydrogens (tertiary/aromatic N) is 1. The van der Waals surface area contributed by atoms with Gasteiger partial charge in [-0.1, -0.05) is 30.3 Å². The molecule has 1 fully saturated rings. The van der Waals surface area contributed by atoms with E-state index in [9.17, 15) is 14.0 Å². The van der Waals surface area contributed by atoms with Crippen LogP contribution in [0.25, 0.3) is 0 Å². The zero-order valence-corrected chi connectivity index (χ0v) is 11.6. The van der Waals surface area contributed by atoms with Crippen molar-refractivity contribution >= 4 is 12.1 Å². The minimum absolute atomic E-state index is 0.195. The first-order valence-corrected chi connectivity index (χ1v) is 6.90. The molecule has 5 nitrogen and oxygen atoms in total. The summed E-state index contributed by atoms with van der Waals surface area (Å²) in [5.41, 5.74) is 0.899. The number of carboxylic acid groups (broad SMARTS) is 1. The average Bonchev–Trinajstić information content (AvgIpc) is 2.53. The van der Waals surface area contributed by atoms with Gasteiger partial charge in [0.1, 0.15) is 6.61 Å². The molecule has 0 spiro atoms. The highest BCUT2D eigenvalue weighted by molar-refractivity contribution is 5.72. The molecule has 0 bridgehead atoms. The van der Waals surface area contributed by atoms with Crippen LogP contribution in [0.4, 0.5) is 9.18 Å². The minimum Gasteiger partial charge on any atom is -0.479 e. The van der Waals surface area contributed by atoms with Gasteiger partial charge >= 0.3 is 12.1 Å². The molecule has 21 heavy (non-hydrogen) atoms. The largest absolute Gasteiger partial charge is 0.479 e. The maximum atomic E-state index is 13.4. The molecule has 0 saturated carbocycles. The van der Waals surface area contributed by atoms with E-state index in [1.54, 1.807) is 0 Å². The van der Waals surface area contributed by atoms with Crippen LogP contribution < -0.4 is 0 Å². The van der Waals surface area contributed by atoms with Crippen LogP contribution in [0.1, 0.15) is 18.4 Å². The zero-order valence-electron chi connectivity index (χ0n) is 11.6. The second kappa shape index (κ2) is 7.06. The SMILES string of the molecule is O=C(O)C(F)C1CCN(C(=O)OCc2ccccc2)CC1. The Hall–Kier alpha value is -2.11. The summed E-state index contributed by atoms with van der Waals surface area (Å²) in [6.45, 7) is 0.846. The summed E-state index contributed by atoms with van der Waals surface area (Å²) in [6, 6.07) is 9.33. The van der Waals surface area contributed by atoms with Gasteiger partial charge in [0.25, 0.3) is 0 Å². The Morgan fingerprint density at radius 1 is 1.29 bits per heavy atom. The highest BCUT2D eigenvalue weighted by Crippen LogP contribution is 2.23. The van der Waals surface area contributed by atoms with Crippen LogP contribution in [-0.2, 0) is 16.1 Å². The van der Waals surface area contributed by atoms with Crippen LogP contribution in [0, 0.1) is 5.92 Å². The lowest BCUT2D eigenvalue weighted by Crippen LogP contribution is -2.42. The molecule has 1 unspecified atom stereocenters. The number of carbonyl (C=O) groups excluding carboxylic acids is 1. The molecule has 1 aromatic carbocycles. The van der Waals surface area contributed by atoms with Crippen molar-refractivity contribution < 1.29 is 23.8 Å². The summed E-state index contributed by atoms with van der Waals surface area (Å²) < 4.78 is 18.6. The third-order valence-corrected chi connectivity index (χ3v) is 3.65. The summed E-state index contributed by atoms with van der Waals surface area (Å²) >= 11 is 0. The lowest BCUT2D eigenvalue weighted by atomic mass is 9.92. The topological polar surface area (TPSA) is 66.8 Å². The zero-order chi connectivity index (χ0) is 15.2. The van der Waals surface area contributed by atoms with Gasteiger partial charge in [0, 0.05) is 19.0 Å². The first kappa shape index (κ1) is 15.3. The van der Waals surface area contributed by atoms with Crippen LogP contribution in [0.2, 0.25) is 0 Å². The van der Waals surface area contributed by atoms with E-state index >= 15 is 0 Å². The number of hydrogen-bond donors (Lipinski definition) is 1. The average molecular weight is 295 g/mol. The fraction of sp³-hybridized carbons (Fsp3) is 0.467. The lowest BCUT2D eigenvalue weighted by molar-refractivity contribution is -0.145. The normalized spacial score (nSPS) is 17.3. The number of likely N-dealkylation sites (tertiary alicyclic amines) is 1. The number of aliphatic carboxylic acids is 1. The van der Waals surface area contributed by atoms with Gasteiger partial charge in [0.2, 0.25) is 0 Å². The Morgan fingerprint density at radius 2 is 1.90 bits per heavy atom. The molecule has 1 saturated heterocycles. The van der Waals surface area contributed by atoms with Gasteiger partial charge in [-0.25, -0.2) is 14.0 Å². The number of hydrogen-bond acceptors (Lipinski definition) is 3. The van der Waals surface area contributed by atoms with E-state index < -0.39 is 24.2 Å². The molecule has 2 rings (SSSR count). The van der Waals surface area contributed by atoms with Gasteiger partial charge in [-0.3, -0.25) is 0 Å². The van der Waals surface area contributed by atoms with Gasteiger partial charge in [-0.05, 0) is 18.4 Å².